The van der Waals surface area contributed by atoms with Crippen LogP contribution in [0.3, 0.4) is 0 Å². The number of carbonyl (C=O) groups is 4. The largest absolute Gasteiger partial charge is 0.472 e. The number of rotatable bonds is 73. The number of hydrogen-bond donors (Lipinski definition) is 3. The second-order valence-electron chi connectivity index (χ2n) is 27.4. The van der Waals surface area contributed by atoms with Gasteiger partial charge in [0.05, 0.1) is 26.4 Å². The van der Waals surface area contributed by atoms with Crippen LogP contribution in [0.1, 0.15) is 382 Å². The van der Waals surface area contributed by atoms with Crippen molar-refractivity contribution in [2.75, 3.05) is 39.6 Å². The van der Waals surface area contributed by atoms with Crippen LogP contribution in [-0.4, -0.2) is 96.7 Å². The van der Waals surface area contributed by atoms with Gasteiger partial charge in [0.2, 0.25) is 0 Å². The lowest BCUT2D eigenvalue weighted by molar-refractivity contribution is -0.161. The van der Waals surface area contributed by atoms with Gasteiger partial charge in [-0.05, 0) is 37.5 Å². The lowest BCUT2D eigenvalue weighted by Gasteiger charge is -2.21. The highest BCUT2D eigenvalue weighted by atomic mass is 31.2. The molecule has 0 spiro atoms. The molecule has 0 aromatic heterocycles. The van der Waals surface area contributed by atoms with E-state index < -0.39 is 97.5 Å². The van der Waals surface area contributed by atoms with Gasteiger partial charge in [0.1, 0.15) is 19.3 Å². The Hall–Kier alpha value is -1.94. The smallest absolute Gasteiger partial charge is 0.462 e. The third-order valence-corrected chi connectivity index (χ3v) is 19.5. The number of carbonyl (C=O) groups excluding carboxylic acids is 4. The lowest BCUT2D eigenvalue weighted by Crippen LogP contribution is -2.30. The van der Waals surface area contributed by atoms with Gasteiger partial charge >= 0.3 is 39.5 Å². The number of aliphatic hydroxyl groups is 1. The Labute approximate surface area is 568 Å². The molecule has 0 aromatic rings. The SMILES string of the molecule is CCCCCCCCCCCCCCCCCCCC(=O)O[C@H](COC(=O)CCCCCCCCCCCCC(C)CC)COP(=O)(O)OC[C@@H](O)COP(=O)(O)OC[C@@H](COC(=O)CCCCCCCCCCCCC)OC(=O)CCCCCCCCCCC(C)C. The van der Waals surface area contributed by atoms with Crippen molar-refractivity contribution in [1.82, 2.24) is 0 Å². The molecule has 0 heterocycles. The number of unbranched alkanes of at least 4 members (excludes halogenated alkanes) is 42. The van der Waals surface area contributed by atoms with Gasteiger partial charge < -0.3 is 33.8 Å². The van der Waals surface area contributed by atoms with Gasteiger partial charge in [-0.2, -0.15) is 0 Å². The molecule has 0 aliphatic heterocycles. The van der Waals surface area contributed by atoms with E-state index >= 15 is 0 Å². The molecule has 6 atom stereocenters. The molecule has 0 aliphatic carbocycles. The first-order valence-corrected chi connectivity index (χ1v) is 41.5. The van der Waals surface area contributed by atoms with E-state index in [2.05, 4.69) is 41.5 Å². The number of phosphoric ester groups is 2. The third-order valence-electron chi connectivity index (χ3n) is 17.6. The van der Waals surface area contributed by atoms with E-state index in [-0.39, 0.29) is 25.7 Å². The molecule has 0 radical (unpaired) electrons. The van der Waals surface area contributed by atoms with E-state index in [4.69, 9.17) is 37.0 Å². The predicted octanol–water partition coefficient (Wildman–Crippen LogP) is 21.6. The Morgan fingerprint density at radius 3 is 0.817 bits per heavy atom. The zero-order chi connectivity index (χ0) is 68.6. The fourth-order valence-electron chi connectivity index (χ4n) is 11.3. The zero-order valence-electron chi connectivity index (χ0n) is 60.6. The summed E-state index contributed by atoms with van der Waals surface area (Å²) in [4.78, 5) is 72.7. The van der Waals surface area contributed by atoms with Crippen LogP contribution >= 0.6 is 15.6 Å². The Morgan fingerprint density at radius 2 is 0.548 bits per heavy atom. The molecule has 0 saturated heterocycles. The number of esters is 4. The lowest BCUT2D eigenvalue weighted by atomic mass is 9.99. The van der Waals surface area contributed by atoms with Gasteiger partial charge in [-0.15, -0.1) is 0 Å². The fourth-order valence-corrected chi connectivity index (χ4v) is 12.8. The minimum atomic E-state index is -4.96. The van der Waals surface area contributed by atoms with Crippen LogP contribution in [-0.2, 0) is 65.4 Å². The molecule has 0 aromatic carbocycles. The molecule has 0 bridgehead atoms. The van der Waals surface area contributed by atoms with Crippen molar-refractivity contribution in [3.63, 3.8) is 0 Å². The number of phosphoric acid groups is 2. The van der Waals surface area contributed by atoms with Crippen LogP contribution in [0.15, 0.2) is 0 Å². The molecular weight excluding hydrogens is 1220 g/mol. The molecule has 93 heavy (non-hydrogen) atoms. The van der Waals surface area contributed by atoms with Crippen LogP contribution in [0.4, 0.5) is 0 Å². The normalized spacial score (nSPS) is 14.3. The summed E-state index contributed by atoms with van der Waals surface area (Å²) in [6, 6.07) is 0. The predicted molar refractivity (Wildman–Crippen MR) is 377 cm³/mol. The van der Waals surface area contributed by atoms with Crippen molar-refractivity contribution in [3.05, 3.63) is 0 Å². The Morgan fingerprint density at radius 1 is 0.312 bits per heavy atom. The summed E-state index contributed by atoms with van der Waals surface area (Å²) in [6.07, 6.45) is 52.6. The van der Waals surface area contributed by atoms with Crippen LogP contribution < -0.4 is 0 Å². The average molecular weight is 1370 g/mol. The maximum Gasteiger partial charge on any atom is 0.472 e. The summed E-state index contributed by atoms with van der Waals surface area (Å²) in [7, 11) is -9.91. The van der Waals surface area contributed by atoms with Gasteiger partial charge in [0.25, 0.3) is 0 Å². The molecule has 0 saturated carbocycles. The first-order valence-electron chi connectivity index (χ1n) is 38.5. The van der Waals surface area contributed by atoms with Gasteiger partial charge in [-0.1, -0.05) is 330 Å². The van der Waals surface area contributed by atoms with Crippen molar-refractivity contribution >= 4 is 39.5 Å². The third kappa shape index (κ3) is 67.0. The number of ether oxygens (including phenoxy) is 4. The highest BCUT2D eigenvalue weighted by Gasteiger charge is 2.30. The summed E-state index contributed by atoms with van der Waals surface area (Å²) in [5.74, 6) is -0.591. The molecule has 0 fully saturated rings. The van der Waals surface area contributed by atoms with Gasteiger partial charge in [0.15, 0.2) is 12.2 Å². The van der Waals surface area contributed by atoms with Gasteiger partial charge in [-0.3, -0.25) is 37.3 Å². The van der Waals surface area contributed by atoms with Crippen molar-refractivity contribution < 1.29 is 80.2 Å². The van der Waals surface area contributed by atoms with E-state index in [0.717, 1.165) is 102 Å². The van der Waals surface area contributed by atoms with Crippen molar-refractivity contribution in [1.29, 1.82) is 0 Å². The van der Waals surface area contributed by atoms with Crippen LogP contribution in [0.2, 0.25) is 0 Å². The highest BCUT2D eigenvalue weighted by molar-refractivity contribution is 7.47. The second-order valence-corrected chi connectivity index (χ2v) is 30.3. The van der Waals surface area contributed by atoms with E-state index in [9.17, 15) is 43.2 Å². The van der Waals surface area contributed by atoms with Gasteiger partial charge in [-0.25, -0.2) is 9.13 Å². The molecule has 0 amide bonds. The first kappa shape index (κ1) is 91.1. The minimum Gasteiger partial charge on any atom is -0.462 e. The second kappa shape index (κ2) is 66.0. The molecular formula is C74H144O17P2. The highest BCUT2D eigenvalue weighted by Crippen LogP contribution is 2.45. The summed E-state index contributed by atoms with van der Waals surface area (Å²) >= 11 is 0. The van der Waals surface area contributed by atoms with Crippen molar-refractivity contribution in [3.8, 4) is 0 Å². The Bertz CT molecular complexity index is 1810. The van der Waals surface area contributed by atoms with Crippen LogP contribution in [0.5, 0.6) is 0 Å². The van der Waals surface area contributed by atoms with Crippen molar-refractivity contribution in [2.24, 2.45) is 11.8 Å². The molecule has 19 heteroatoms. The van der Waals surface area contributed by atoms with E-state index in [1.54, 1.807) is 0 Å². The number of aliphatic hydroxyl groups excluding tert-OH is 1. The molecule has 3 N–H and O–H groups in total. The standard InChI is InChI=1S/C74H144O17P2/c1-7-10-12-14-16-18-20-21-22-23-24-25-27-33-40-46-52-58-73(78)90-69(62-85-72(77)57-51-45-39-32-29-28-30-37-43-49-55-67(6)9-3)64-88-92(80,81)86-60-68(75)61-87-93(82,83)89-65-70(91-74(79)59-53-47-41-35-34-36-42-48-54-66(4)5)63-84-71(76)56-50-44-38-31-26-19-17-15-13-11-8-2/h66-70,75H,7-65H2,1-6H3,(H,80,81)(H,82,83)/t67?,68-,69-,70-/m1/s1. The van der Waals surface area contributed by atoms with Crippen LogP contribution in [0, 0.1) is 11.8 Å². The fraction of sp³-hybridized carbons (Fsp3) is 0.946. The summed E-state index contributed by atoms with van der Waals surface area (Å²) in [5, 5.41) is 10.6. The first-order chi connectivity index (χ1) is 44.9. The Kier molecular flexibility index (Phi) is 64.6. The monoisotopic (exact) mass is 1370 g/mol. The van der Waals surface area contributed by atoms with E-state index in [1.165, 1.54) is 199 Å². The minimum absolute atomic E-state index is 0.105. The number of hydrogen-bond acceptors (Lipinski definition) is 15. The quantitative estimate of drug-likeness (QED) is 0.0222. The zero-order valence-corrected chi connectivity index (χ0v) is 62.3. The van der Waals surface area contributed by atoms with Gasteiger partial charge in [0, 0.05) is 25.7 Å². The molecule has 3 unspecified atom stereocenters. The van der Waals surface area contributed by atoms with Crippen molar-refractivity contribution in [2.45, 2.75) is 400 Å². The summed E-state index contributed by atoms with van der Waals surface area (Å²) < 4.78 is 68.4. The molecule has 552 valence electrons. The van der Waals surface area contributed by atoms with Crippen LogP contribution in [0.25, 0.3) is 0 Å². The van der Waals surface area contributed by atoms with E-state index in [0.29, 0.717) is 25.7 Å². The maximum absolute atomic E-state index is 13.1. The molecule has 17 nitrogen and oxygen atoms in total. The average Bonchev–Trinajstić information content (AvgIpc) is 2.41. The Balaban J connectivity index is 5.25. The summed E-state index contributed by atoms with van der Waals surface area (Å²) in [5.41, 5.74) is 0. The topological polar surface area (TPSA) is 237 Å². The summed E-state index contributed by atoms with van der Waals surface area (Å²) in [6.45, 7) is 9.57. The maximum atomic E-state index is 13.1. The van der Waals surface area contributed by atoms with E-state index in [1.807, 2.05) is 0 Å². The molecule has 0 aliphatic rings. The molecule has 0 rings (SSSR count).